The zero-order chi connectivity index (χ0) is 7.49. The average molecular weight is 140 g/mol. The van der Waals surface area contributed by atoms with E-state index in [1.807, 2.05) is 0 Å². The van der Waals surface area contributed by atoms with E-state index < -0.39 is 12.7 Å². The van der Waals surface area contributed by atoms with Gasteiger partial charge in [0.2, 0.25) is 0 Å². The fourth-order valence-corrected chi connectivity index (χ4v) is 0.214. The van der Waals surface area contributed by atoms with Gasteiger partial charge >= 0.3 is 6.18 Å². The molecule has 0 amide bonds. The maximum Gasteiger partial charge on any atom is 0.408 e. The zero-order valence-electron chi connectivity index (χ0n) is 4.87. The van der Waals surface area contributed by atoms with Gasteiger partial charge in [0.05, 0.1) is 5.84 Å². The third-order valence-corrected chi connectivity index (χ3v) is 0.508. The fraction of sp³-hybridized carbons (Fsp3) is 0.750. The van der Waals surface area contributed by atoms with Crippen molar-refractivity contribution in [3.63, 3.8) is 0 Å². The summed E-state index contributed by atoms with van der Waals surface area (Å²) < 4.78 is 33.8. The Morgan fingerprint density at radius 2 is 2.00 bits per heavy atom. The van der Waals surface area contributed by atoms with Gasteiger partial charge in [-0.15, -0.1) is 0 Å². The fourth-order valence-electron chi connectivity index (χ4n) is 0.214. The van der Waals surface area contributed by atoms with Crippen LogP contribution in [0.25, 0.3) is 0 Å². The molecule has 0 atom stereocenters. The molecule has 54 valence electrons. The van der Waals surface area contributed by atoms with Crippen LogP contribution in [-0.2, 0) is 0 Å². The monoisotopic (exact) mass is 140 g/mol. The van der Waals surface area contributed by atoms with Gasteiger partial charge in [-0.1, -0.05) is 0 Å². The van der Waals surface area contributed by atoms with E-state index in [4.69, 9.17) is 5.73 Å². The molecule has 0 saturated carbocycles. The molecule has 0 aromatic rings. The van der Waals surface area contributed by atoms with Gasteiger partial charge < -0.3 is 5.73 Å². The first-order chi connectivity index (χ1) is 3.92. The molecule has 2 N–H and O–H groups in total. The van der Waals surface area contributed by atoms with Crippen LogP contribution < -0.4 is 5.73 Å². The van der Waals surface area contributed by atoms with Crippen LogP contribution in [0.2, 0.25) is 0 Å². The molecule has 0 saturated heterocycles. The summed E-state index contributed by atoms with van der Waals surface area (Å²) in [4.78, 5) is 2.97. The van der Waals surface area contributed by atoms with Crippen molar-refractivity contribution < 1.29 is 13.2 Å². The quantitative estimate of drug-likeness (QED) is 0.427. The van der Waals surface area contributed by atoms with Gasteiger partial charge in [0, 0.05) is 0 Å². The Morgan fingerprint density at radius 1 is 1.56 bits per heavy atom. The molecule has 2 nitrogen and oxygen atoms in total. The molecular formula is C4H7F3N2. The predicted octanol–water partition coefficient (Wildman–Crippen LogP) is 0.926. The van der Waals surface area contributed by atoms with Gasteiger partial charge in [-0.2, -0.15) is 13.2 Å². The van der Waals surface area contributed by atoms with Gasteiger partial charge in [-0.3, -0.25) is 4.99 Å². The van der Waals surface area contributed by atoms with Gasteiger partial charge in [0.25, 0.3) is 0 Å². The van der Waals surface area contributed by atoms with Crippen LogP contribution in [0.3, 0.4) is 0 Å². The second kappa shape index (κ2) is 2.70. The van der Waals surface area contributed by atoms with E-state index in [1.54, 1.807) is 0 Å². The van der Waals surface area contributed by atoms with E-state index in [9.17, 15) is 13.2 Å². The first-order valence-corrected chi connectivity index (χ1v) is 2.25. The van der Waals surface area contributed by atoms with Crippen molar-refractivity contribution in [2.75, 3.05) is 6.54 Å². The predicted molar refractivity (Wildman–Crippen MR) is 28.2 cm³/mol. The van der Waals surface area contributed by atoms with Gasteiger partial charge in [0.15, 0.2) is 0 Å². The second-order valence-electron chi connectivity index (χ2n) is 1.57. The van der Waals surface area contributed by atoms with Crippen LogP contribution in [0.4, 0.5) is 13.2 Å². The first kappa shape index (κ1) is 8.26. The topological polar surface area (TPSA) is 38.4 Å². The lowest BCUT2D eigenvalue weighted by molar-refractivity contribution is -0.118. The third kappa shape index (κ3) is 7.26. The standard InChI is InChI=1S/C4H7F3N2/c1-3(8)9-2-4(5,6)7/h2H2,1H3,(H2,8,9). The van der Waals surface area contributed by atoms with Crippen molar-refractivity contribution in [2.24, 2.45) is 10.7 Å². The summed E-state index contributed by atoms with van der Waals surface area (Å²) >= 11 is 0. The molecular weight excluding hydrogens is 133 g/mol. The molecule has 0 aromatic heterocycles. The minimum Gasteiger partial charge on any atom is -0.388 e. The molecule has 0 aliphatic heterocycles. The van der Waals surface area contributed by atoms with Crippen molar-refractivity contribution in [1.29, 1.82) is 0 Å². The summed E-state index contributed by atoms with van der Waals surface area (Å²) in [5.41, 5.74) is 4.85. The number of nitrogens with two attached hydrogens (primary N) is 1. The van der Waals surface area contributed by atoms with Crippen molar-refractivity contribution in [2.45, 2.75) is 13.1 Å². The Morgan fingerprint density at radius 3 is 2.11 bits per heavy atom. The maximum absolute atomic E-state index is 11.3. The lowest BCUT2D eigenvalue weighted by Crippen LogP contribution is -2.16. The van der Waals surface area contributed by atoms with Crippen molar-refractivity contribution in [3.8, 4) is 0 Å². The summed E-state index contributed by atoms with van der Waals surface area (Å²) in [6.07, 6.45) is -4.24. The number of rotatable bonds is 1. The van der Waals surface area contributed by atoms with E-state index in [-0.39, 0.29) is 5.84 Å². The Labute approximate surface area is 50.6 Å². The van der Waals surface area contributed by atoms with Crippen LogP contribution in [-0.4, -0.2) is 18.6 Å². The maximum atomic E-state index is 11.3. The van der Waals surface area contributed by atoms with Gasteiger partial charge in [-0.05, 0) is 6.92 Å². The number of aliphatic imine (C=N–C) groups is 1. The van der Waals surface area contributed by atoms with E-state index in [0.29, 0.717) is 0 Å². The molecule has 0 spiro atoms. The molecule has 9 heavy (non-hydrogen) atoms. The van der Waals surface area contributed by atoms with Crippen molar-refractivity contribution in [1.82, 2.24) is 0 Å². The van der Waals surface area contributed by atoms with Gasteiger partial charge in [0.1, 0.15) is 6.54 Å². The summed E-state index contributed by atoms with van der Waals surface area (Å²) in [6, 6.07) is 0. The molecule has 0 unspecified atom stereocenters. The van der Waals surface area contributed by atoms with Crippen molar-refractivity contribution >= 4 is 5.84 Å². The average Bonchev–Trinajstić information content (AvgIpc) is 1.59. The smallest absolute Gasteiger partial charge is 0.388 e. The van der Waals surface area contributed by atoms with Crippen LogP contribution >= 0.6 is 0 Å². The SMILES string of the molecule is CC(N)=NCC(F)(F)F. The number of hydrogen-bond donors (Lipinski definition) is 1. The normalized spacial score (nSPS) is 14.0. The van der Waals surface area contributed by atoms with Gasteiger partial charge in [-0.25, -0.2) is 0 Å². The summed E-state index contributed by atoms with van der Waals surface area (Å²) in [5.74, 6) is -0.0488. The van der Waals surface area contributed by atoms with E-state index >= 15 is 0 Å². The summed E-state index contributed by atoms with van der Waals surface area (Å²) in [7, 11) is 0. The van der Waals surface area contributed by atoms with E-state index in [1.165, 1.54) is 6.92 Å². The zero-order valence-corrected chi connectivity index (χ0v) is 4.87. The molecule has 0 bridgehead atoms. The van der Waals surface area contributed by atoms with E-state index in [0.717, 1.165) is 0 Å². The Hall–Kier alpha value is -0.740. The Bertz CT molecular complexity index is 111. The lowest BCUT2D eigenvalue weighted by atomic mass is 10.6. The number of nitrogens with zero attached hydrogens (tertiary/aromatic N) is 1. The number of amidine groups is 1. The Kier molecular flexibility index (Phi) is 2.48. The highest BCUT2D eigenvalue weighted by molar-refractivity contribution is 5.77. The summed E-state index contributed by atoms with van der Waals surface area (Å²) in [5, 5.41) is 0. The van der Waals surface area contributed by atoms with E-state index in [2.05, 4.69) is 4.99 Å². The Balaban J connectivity index is 3.64. The lowest BCUT2D eigenvalue weighted by Gasteiger charge is -2.00. The molecule has 5 heteroatoms. The molecule has 0 aliphatic rings. The van der Waals surface area contributed by atoms with Crippen LogP contribution in [0.1, 0.15) is 6.92 Å². The van der Waals surface area contributed by atoms with Crippen molar-refractivity contribution in [3.05, 3.63) is 0 Å². The largest absolute Gasteiger partial charge is 0.408 e. The molecule has 0 fully saturated rings. The molecule has 0 aromatic carbocycles. The first-order valence-electron chi connectivity index (χ1n) is 2.25. The van der Waals surface area contributed by atoms with Crippen LogP contribution in [0.5, 0.6) is 0 Å². The minimum atomic E-state index is -4.24. The highest BCUT2D eigenvalue weighted by Crippen LogP contribution is 2.13. The highest BCUT2D eigenvalue weighted by atomic mass is 19.4. The number of alkyl halides is 3. The third-order valence-electron chi connectivity index (χ3n) is 0.508. The minimum absolute atomic E-state index is 0.0488. The van der Waals surface area contributed by atoms with Crippen LogP contribution in [0, 0.1) is 0 Å². The highest BCUT2D eigenvalue weighted by Gasteiger charge is 2.26. The molecule has 0 heterocycles. The molecule has 0 rings (SSSR count). The van der Waals surface area contributed by atoms with Crippen LogP contribution in [0.15, 0.2) is 4.99 Å². The second-order valence-corrected chi connectivity index (χ2v) is 1.57. The number of hydrogen-bond acceptors (Lipinski definition) is 1. The molecule has 0 radical (unpaired) electrons. The number of halogens is 3. The molecule has 0 aliphatic carbocycles. The summed E-state index contributed by atoms with van der Waals surface area (Å²) in [6.45, 7) is 0.126.